The largest absolute Gasteiger partial charge is 0.508 e. The van der Waals surface area contributed by atoms with E-state index in [1.807, 2.05) is 6.92 Å². The molecule has 0 spiro atoms. The molecule has 26 heavy (non-hydrogen) atoms. The van der Waals surface area contributed by atoms with Crippen LogP contribution in [0, 0.1) is 0 Å². The van der Waals surface area contributed by atoms with Crippen LogP contribution in [0.2, 0.25) is 0 Å². The van der Waals surface area contributed by atoms with Crippen LogP contribution in [0.15, 0.2) is 42.5 Å². The average Bonchev–Trinajstić information content (AvgIpc) is 3.08. The van der Waals surface area contributed by atoms with Gasteiger partial charge < -0.3 is 19.7 Å². The molecule has 1 fully saturated rings. The Hall–Kier alpha value is -2.77. The zero-order valence-corrected chi connectivity index (χ0v) is 14.4. The Morgan fingerprint density at radius 1 is 1.19 bits per heavy atom. The number of benzene rings is 2. The molecule has 1 aliphatic rings. The number of esters is 1. The summed E-state index contributed by atoms with van der Waals surface area (Å²) in [5.74, 6) is 0.249. The quantitative estimate of drug-likeness (QED) is 0.588. The van der Waals surface area contributed by atoms with E-state index in [4.69, 9.17) is 9.47 Å². The first-order chi connectivity index (χ1) is 12.6. The lowest BCUT2D eigenvalue weighted by Crippen LogP contribution is -2.28. The summed E-state index contributed by atoms with van der Waals surface area (Å²) < 4.78 is 11.1. The number of hydrogen-bond donors (Lipinski definition) is 4. The van der Waals surface area contributed by atoms with Crippen LogP contribution in [0.4, 0.5) is 0 Å². The zero-order chi connectivity index (χ0) is 18.5. The van der Waals surface area contributed by atoms with Crippen molar-refractivity contribution in [3.8, 4) is 17.2 Å². The highest BCUT2D eigenvalue weighted by Gasteiger charge is 2.32. The van der Waals surface area contributed by atoms with Crippen molar-refractivity contribution in [3.63, 3.8) is 0 Å². The van der Waals surface area contributed by atoms with Gasteiger partial charge in [0.15, 0.2) is 0 Å². The number of hydrogen-bond acceptors (Lipinski definition) is 7. The number of rotatable bonds is 6. The smallest absolute Gasteiger partial charge is 0.338 e. The Labute approximate surface area is 151 Å². The van der Waals surface area contributed by atoms with Crippen LogP contribution in [0.25, 0.3) is 0 Å². The molecule has 2 aromatic rings. The molecule has 7 nitrogen and oxygen atoms in total. The molecule has 0 bridgehead atoms. The molecule has 4 N–H and O–H groups in total. The van der Waals surface area contributed by atoms with E-state index in [9.17, 15) is 15.0 Å². The molecule has 3 rings (SSSR count). The lowest BCUT2D eigenvalue weighted by molar-refractivity contribution is 0.0505. The Balaban J connectivity index is 1.68. The minimum absolute atomic E-state index is 0.000206. The molecule has 1 heterocycles. The van der Waals surface area contributed by atoms with Crippen molar-refractivity contribution in [1.82, 2.24) is 10.9 Å². The molecule has 0 aromatic heterocycles. The lowest BCUT2D eigenvalue weighted by atomic mass is 10.0. The van der Waals surface area contributed by atoms with E-state index >= 15 is 0 Å². The molecule has 0 radical (unpaired) electrons. The first-order valence-electron chi connectivity index (χ1n) is 8.52. The molecule has 0 saturated carbocycles. The summed E-state index contributed by atoms with van der Waals surface area (Å²) in [6.07, 6.45) is 0.503. The molecule has 1 aliphatic heterocycles. The van der Waals surface area contributed by atoms with E-state index in [0.717, 1.165) is 6.42 Å². The molecule has 0 amide bonds. The van der Waals surface area contributed by atoms with Crippen LogP contribution >= 0.6 is 0 Å². The van der Waals surface area contributed by atoms with E-state index in [2.05, 4.69) is 10.9 Å². The summed E-state index contributed by atoms with van der Waals surface area (Å²) in [7, 11) is 0. The van der Waals surface area contributed by atoms with E-state index < -0.39 is 0 Å². The number of ether oxygens (including phenoxy) is 2. The van der Waals surface area contributed by atoms with E-state index in [0.29, 0.717) is 30.0 Å². The molecule has 138 valence electrons. The Bertz CT molecular complexity index is 763. The third-order valence-electron chi connectivity index (χ3n) is 4.10. The molecule has 2 unspecified atom stereocenters. The fourth-order valence-electron chi connectivity index (χ4n) is 2.79. The van der Waals surface area contributed by atoms with Crippen LogP contribution in [0.1, 0.15) is 35.3 Å². The van der Waals surface area contributed by atoms with Crippen molar-refractivity contribution >= 4 is 5.97 Å². The van der Waals surface area contributed by atoms with E-state index in [-0.39, 0.29) is 29.6 Å². The number of nitrogens with one attached hydrogen (secondary N) is 2. The van der Waals surface area contributed by atoms with Crippen LogP contribution in [-0.4, -0.2) is 35.4 Å². The maximum absolute atomic E-state index is 11.8. The van der Waals surface area contributed by atoms with Crippen molar-refractivity contribution in [3.05, 3.63) is 53.6 Å². The van der Waals surface area contributed by atoms with E-state index in [1.54, 1.807) is 30.3 Å². The standard InChI is InChI=1S/C19H22N2O5/c1-2-9-25-19(24)12-3-6-14(7-4-12)26-17-11-20-21-18(17)15-8-5-13(22)10-16(15)23/h3-8,10,17-18,20-23H,2,9,11H2,1H3. The number of carbonyl (C=O) groups is 1. The number of carbonyl (C=O) groups excluding carboxylic acids is 1. The number of aromatic hydroxyl groups is 2. The SMILES string of the molecule is CCCOC(=O)c1ccc(OC2CNNC2c2ccc(O)cc2O)cc1. The highest BCUT2D eigenvalue weighted by atomic mass is 16.5. The van der Waals surface area contributed by atoms with Gasteiger partial charge in [-0.3, -0.25) is 5.43 Å². The van der Waals surface area contributed by atoms with Gasteiger partial charge in [-0.05, 0) is 42.8 Å². The van der Waals surface area contributed by atoms with Crippen molar-refractivity contribution in [2.24, 2.45) is 0 Å². The predicted molar refractivity (Wildman–Crippen MR) is 95.1 cm³/mol. The molecule has 7 heteroatoms. The third kappa shape index (κ3) is 4.07. The van der Waals surface area contributed by atoms with Crippen molar-refractivity contribution < 1.29 is 24.5 Å². The zero-order valence-electron chi connectivity index (χ0n) is 14.4. The minimum Gasteiger partial charge on any atom is -0.508 e. The first-order valence-corrected chi connectivity index (χ1v) is 8.52. The predicted octanol–water partition coefficient (Wildman–Crippen LogP) is 2.26. The fraction of sp³-hybridized carbons (Fsp3) is 0.316. The summed E-state index contributed by atoms with van der Waals surface area (Å²) in [4.78, 5) is 11.8. The van der Waals surface area contributed by atoms with Gasteiger partial charge in [-0.1, -0.05) is 6.92 Å². The Morgan fingerprint density at radius 2 is 1.96 bits per heavy atom. The Kier molecular flexibility index (Phi) is 5.60. The average molecular weight is 358 g/mol. The number of phenolic OH excluding ortho intramolecular Hbond substituents is 2. The van der Waals surface area contributed by atoms with Gasteiger partial charge in [0.05, 0.1) is 18.2 Å². The van der Waals surface area contributed by atoms with Crippen molar-refractivity contribution in [1.29, 1.82) is 0 Å². The fourth-order valence-corrected chi connectivity index (χ4v) is 2.79. The molecular formula is C19H22N2O5. The van der Waals surface area contributed by atoms with E-state index in [1.165, 1.54) is 12.1 Å². The van der Waals surface area contributed by atoms with Crippen LogP contribution < -0.4 is 15.6 Å². The monoisotopic (exact) mass is 358 g/mol. The van der Waals surface area contributed by atoms with Crippen LogP contribution in [0.5, 0.6) is 17.2 Å². The number of hydrazine groups is 1. The molecule has 0 aliphatic carbocycles. The maximum atomic E-state index is 11.8. The first kappa shape index (κ1) is 18.0. The molecule has 2 atom stereocenters. The molecule has 2 aromatic carbocycles. The highest BCUT2D eigenvalue weighted by Crippen LogP contribution is 2.32. The lowest BCUT2D eigenvalue weighted by Gasteiger charge is -2.21. The third-order valence-corrected chi connectivity index (χ3v) is 4.10. The van der Waals surface area contributed by atoms with Gasteiger partial charge in [0, 0.05) is 18.2 Å². The number of phenols is 2. The van der Waals surface area contributed by atoms with Gasteiger partial charge in [-0.15, -0.1) is 0 Å². The molecular weight excluding hydrogens is 336 g/mol. The van der Waals surface area contributed by atoms with Gasteiger partial charge in [0.25, 0.3) is 0 Å². The summed E-state index contributed by atoms with van der Waals surface area (Å²) in [5.41, 5.74) is 7.17. The summed E-state index contributed by atoms with van der Waals surface area (Å²) in [6, 6.07) is 10.9. The minimum atomic E-state index is -0.352. The normalized spacial score (nSPS) is 19.3. The summed E-state index contributed by atoms with van der Waals surface area (Å²) in [5, 5.41) is 19.5. The summed E-state index contributed by atoms with van der Waals surface area (Å²) >= 11 is 0. The van der Waals surface area contributed by atoms with Crippen LogP contribution in [-0.2, 0) is 4.74 Å². The molecule has 1 saturated heterocycles. The Morgan fingerprint density at radius 3 is 2.65 bits per heavy atom. The van der Waals surface area contributed by atoms with Gasteiger partial charge in [-0.2, -0.15) is 0 Å². The second-order valence-corrected chi connectivity index (χ2v) is 6.06. The second-order valence-electron chi connectivity index (χ2n) is 6.06. The van der Waals surface area contributed by atoms with Crippen molar-refractivity contribution in [2.75, 3.05) is 13.2 Å². The topological polar surface area (TPSA) is 100 Å². The van der Waals surface area contributed by atoms with Crippen LogP contribution in [0.3, 0.4) is 0 Å². The highest BCUT2D eigenvalue weighted by molar-refractivity contribution is 5.89. The van der Waals surface area contributed by atoms with Gasteiger partial charge >= 0.3 is 5.97 Å². The van der Waals surface area contributed by atoms with Gasteiger partial charge in [0.1, 0.15) is 23.4 Å². The van der Waals surface area contributed by atoms with Gasteiger partial charge in [-0.25, -0.2) is 10.2 Å². The van der Waals surface area contributed by atoms with Crippen molar-refractivity contribution in [2.45, 2.75) is 25.5 Å². The van der Waals surface area contributed by atoms with Gasteiger partial charge in [0.2, 0.25) is 0 Å². The summed E-state index contributed by atoms with van der Waals surface area (Å²) in [6.45, 7) is 2.87. The maximum Gasteiger partial charge on any atom is 0.338 e. The second kappa shape index (κ2) is 8.07.